The lowest BCUT2D eigenvalue weighted by molar-refractivity contribution is 0.291. The fourth-order valence-electron chi connectivity index (χ4n) is 1.84. The molecule has 0 saturated heterocycles. The molecule has 0 amide bonds. The number of hydrogen-bond donors (Lipinski definition) is 0. The molecule has 102 valence electrons. The summed E-state index contributed by atoms with van der Waals surface area (Å²) in [5, 5.41) is 4.50. The number of hydrogen-bond acceptors (Lipinski definition) is 2. The van der Waals surface area contributed by atoms with Crippen LogP contribution in [0.25, 0.3) is 0 Å². The van der Waals surface area contributed by atoms with Gasteiger partial charge in [-0.25, -0.2) is 4.39 Å². The average Bonchev–Trinajstić information content (AvgIpc) is 2.74. The minimum Gasteiger partial charge on any atom is -0.487 e. The summed E-state index contributed by atoms with van der Waals surface area (Å²) in [5.74, 6) is 0.385. The standard InChI is InChI=1S/C14H16BrFN2O/c1-3-12-14(15)13(18(4-2)17-12)9-19-11-7-5-10(16)6-8-11/h5-8H,3-4,9H2,1-2H3. The Balaban J connectivity index is 2.14. The Bertz CT molecular complexity index is 551. The molecule has 2 aromatic rings. The van der Waals surface area contributed by atoms with Crippen molar-refractivity contribution >= 4 is 15.9 Å². The van der Waals surface area contributed by atoms with Crippen LogP contribution in [0, 0.1) is 5.82 Å². The molecule has 0 fully saturated rings. The van der Waals surface area contributed by atoms with Crippen molar-refractivity contribution in [2.24, 2.45) is 0 Å². The number of aryl methyl sites for hydroxylation is 2. The Morgan fingerprint density at radius 3 is 2.53 bits per heavy atom. The molecule has 0 unspecified atom stereocenters. The zero-order valence-corrected chi connectivity index (χ0v) is 12.6. The van der Waals surface area contributed by atoms with Crippen LogP contribution in [-0.2, 0) is 19.6 Å². The average molecular weight is 327 g/mol. The second kappa shape index (κ2) is 6.19. The van der Waals surface area contributed by atoms with Gasteiger partial charge in [0.25, 0.3) is 0 Å². The molecule has 0 aliphatic carbocycles. The molecule has 1 heterocycles. The third kappa shape index (κ3) is 3.15. The topological polar surface area (TPSA) is 27.1 Å². The van der Waals surface area contributed by atoms with Crippen LogP contribution in [-0.4, -0.2) is 9.78 Å². The molecule has 0 aliphatic heterocycles. The van der Waals surface area contributed by atoms with Crippen molar-refractivity contribution in [3.05, 3.63) is 45.9 Å². The molecule has 2 rings (SSSR count). The van der Waals surface area contributed by atoms with E-state index in [9.17, 15) is 4.39 Å². The molecule has 0 radical (unpaired) electrons. The van der Waals surface area contributed by atoms with Crippen LogP contribution in [0.2, 0.25) is 0 Å². The number of aromatic nitrogens is 2. The summed E-state index contributed by atoms with van der Waals surface area (Å²) < 4.78 is 21.4. The van der Waals surface area contributed by atoms with Crippen molar-refractivity contribution in [3.8, 4) is 5.75 Å². The van der Waals surface area contributed by atoms with E-state index in [1.54, 1.807) is 12.1 Å². The first-order valence-electron chi connectivity index (χ1n) is 6.28. The van der Waals surface area contributed by atoms with E-state index in [-0.39, 0.29) is 5.82 Å². The van der Waals surface area contributed by atoms with Gasteiger partial charge in [-0.15, -0.1) is 0 Å². The van der Waals surface area contributed by atoms with E-state index in [2.05, 4.69) is 28.0 Å². The van der Waals surface area contributed by atoms with Crippen LogP contribution in [0.15, 0.2) is 28.7 Å². The minimum absolute atomic E-state index is 0.264. The first-order valence-corrected chi connectivity index (χ1v) is 7.07. The second-order valence-electron chi connectivity index (χ2n) is 4.12. The number of nitrogens with zero attached hydrogens (tertiary/aromatic N) is 2. The van der Waals surface area contributed by atoms with Gasteiger partial charge in [-0.1, -0.05) is 6.92 Å². The maximum atomic E-state index is 12.8. The Kier molecular flexibility index (Phi) is 4.58. The van der Waals surface area contributed by atoms with Gasteiger partial charge in [-0.05, 0) is 53.5 Å². The Labute approximate surface area is 120 Å². The molecule has 0 N–H and O–H groups in total. The van der Waals surface area contributed by atoms with Crippen molar-refractivity contribution in [3.63, 3.8) is 0 Å². The Hall–Kier alpha value is -1.36. The zero-order chi connectivity index (χ0) is 13.8. The number of benzene rings is 1. The SMILES string of the molecule is CCc1nn(CC)c(COc2ccc(F)cc2)c1Br. The Morgan fingerprint density at radius 1 is 1.26 bits per heavy atom. The predicted octanol–water partition coefficient (Wildman–Crippen LogP) is 3.95. The largest absolute Gasteiger partial charge is 0.487 e. The third-order valence-corrected chi connectivity index (χ3v) is 3.80. The van der Waals surface area contributed by atoms with E-state index >= 15 is 0 Å². The predicted molar refractivity (Wildman–Crippen MR) is 75.7 cm³/mol. The lowest BCUT2D eigenvalue weighted by Crippen LogP contribution is -2.06. The fourth-order valence-corrected chi connectivity index (χ4v) is 2.52. The highest BCUT2D eigenvalue weighted by molar-refractivity contribution is 9.10. The molecular formula is C14H16BrFN2O. The molecule has 1 aromatic heterocycles. The summed E-state index contributed by atoms with van der Waals surface area (Å²) >= 11 is 3.56. The number of halogens is 2. The molecule has 0 bridgehead atoms. The monoisotopic (exact) mass is 326 g/mol. The quantitative estimate of drug-likeness (QED) is 0.831. The van der Waals surface area contributed by atoms with E-state index in [1.807, 2.05) is 11.6 Å². The maximum absolute atomic E-state index is 12.8. The van der Waals surface area contributed by atoms with Crippen LogP contribution in [0.3, 0.4) is 0 Å². The van der Waals surface area contributed by atoms with E-state index in [4.69, 9.17) is 4.74 Å². The van der Waals surface area contributed by atoms with Gasteiger partial charge in [0.2, 0.25) is 0 Å². The zero-order valence-electron chi connectivity index (χ0n) is 11.0. The van der Waals surface area contributed by atoms with E-state index in [0.717, 1.165) is 28.8 Å². The van der Waals surface area contributed by atoms with Crippen LogP contribution < -0.4 is 4.74 Å². The summed E-state index contributed by atoms with van der Waals surface area (Å²) in [6.45, 7) is 5.31. The van der Waals surface area contributed by atoms with Crippen molar-refractivity contribution in [2.75, 3.05) is 0 Å². The van der Waals surface area contributed by atoms with Crippen LogP contribution in [0.1, 0.15) is 25.2 Å². The van der Waals surface area contributed by atoms with Crippen LogP contribution in [0.4, 0.5) is 4.39 Å². The smallest absolute Gasteiger partial charge is 0.131 e. The van der Waals surface area contributed by atoms with E-state index in [1.165, 1.54) is 12.1 Å². The normalized spacial score (nSPS) is 10.7. The molecular weight excluding hydrogens is 311 g/mol. The van der Waals surface area contributed by atoms with Gasteiger partial charge in [0, 0.05) is 6.54 Å². The number of ether oxygens (including phenoxy) is 1. The van der Waals surface area contributed by atoms with Crippen LogP contribution in [0.5, 0.6) is 5.75 Å². The lowest BCUT2D eigenvalue weighted by atomic mass is 10.3. The molecule has 0 aliphatic rings. The molecule has 0 saturated carbocycles. The van der Waals surface area contributed by atoms with Gasteiger partial charge in [0.1, 0.15) is 18.2 Å². The number of rotatable bonds is 5. The summed E-state index contributed by atoms with van der Waals surface area (Å²) in [4.78, 5) is 0. The van der Waals surface area contributed by atoms with Gasteiger partial charge in [-0.2, -0.15) is 5.10 Å². The molecule has 0 atom stereocenters. The van der Waals surface area contributed by atoms with Crippen molar-refractivity contribution in [1.29, 1.82) is 0 Å². The highest BCUT2D eigenvalue weighted by Gasteiger charge is 2.14. The van der Waals surface area contributed by atoms with Gasteiger partial charge >= 0.3 is 0 Å². The van der Waals surface area contributed by atoms with Crippen molar-refractivity contribution in [2.45, 2.75) is 33.4 Å². The van der Waals surface area contributed by atoms with Crippen molar-refractivity contribution < 1.29 is 9.13 Å². The van der Waals surface area contributed by atoms with E-state index < -0.39 is 0 Å². The molecule has 0 spiro atoms. The van der Waals surface area contributed by atoms with Gasteiger partial charge in [0.05, 0.1) is 15.9 Å². The maximum Gasteiger partial charge on any atom is 0.131 e. The summed E-state index contributed by atoms with van der Waals surface area (Å²) in [6, 6.07) is 6.02. The highest BCUT2D eigenvalue weighted by Crippen LogP contribution is 2.24. The third-order valence-electron chi connectivity index (χ3n) is 2.88. The summed E-state index contributed by atoms with van der Waals surface area (Å²) in [5.41, 5.74) is 2.03. The highest BCUT2D eigenvalue weighted by atomic mass is 79.9. The molecule has 5 heteroatoms. The lowest BCUT2D eigenvalue weighted by Gasteiger charge is -2.08. The van der Waals surface area contributed by atoms with Crippen LogP contribution >= 0.6 is 15.9 Å². The Morgan fingerprint density at radius 2 is 1.95 bits per heavy atom. The summed E-state index contributed by atoms with van der Waals surface area (Å²) in [6.07, 6.45) is 0.872. The van der Waals surface area contributed by atoms with Gasteiger partial charge in [-0.3, -0.25) is 4.68 Å². The molecule has 1 aromatic carbocycles. The second-order valence-corrected chi connectivity index (χ2v) is 4.91. The molecule has 3 nitrogen and oxygen atoms in total. The van der Waals surface area contributed by atoms with Gasteiger partial charge < -0.3 is 4.74 Å². The fraction of sp³-hybridized carbons (Fsp3) is 0.357. The first kappa shape index (κ1) is 14.1. The first-order chi connectivity index (χ1) is 9.15. The van der Waals surface area contributed by atoms with E-state index in [0.29, 0.717) is 12.4 Å². The van der Waals surface area contributed by atoms with Crippen molar-refractivity contribution in [1.82, 2.24) is 9.78 Å². The summed E-state index contributed by atoms with van der Waals surface area (Å²) in [7, 11) is 0. The minimum atomic E-state index is -0.264. The molecule has 19 heavy (non-hydrogen) atoms. The van der Waals surface area contributed by atoms with Gasteiger partial charge in [0.15, 0.2) is 0 Å².